The SMILES string of the molecule is CSC1=N/C(=C\c2ccc3nc(C)sc3c2)C(=O)N1. The van der Waals surface area contributed by atoms with Crippen molar-refractivity contribution in [2.75, 3.05) is 6.26 Å². The standard InChI is InChI=1S/C13H11N3OS2/c1-7-14-9-4-3-8(6-11(9)19-7)5-10-12(17)16-13(15-10)18-2/h3-6H,1-2H3,(H,15,16,17)/b10-5-. The number of rotatable bonds is 1. The van der Waals surface area contributed by atoms with E-state index in [9.17, 15) is 4.79 Å². The second kappa shape index (κ2) is 4.79. The van der Waals surface area contributed by atoms with E-state index in [-0.39, 0.29) is 5.91 Å². The van der Waals surface area contributed by atoms with Crippen molar-refractivity contribution >= 4 is 50.5 Å². The van der Waals surface area contributed by atoms with Gasteiger partial charge in [0.25, 0.3) is 5.91 Å². The number of aliphatic imine (C=N–C) groups is 1. The van der Waals surface area contributed by atoms with Gasteiger partial charge in [0.2, 0.25) is 0 Å². The van der Waals surface area contributed by atoms with Gasteiger partial charge in [0, 0.05) is 0 Å². The first-order valence-corrected chi connectivity index (χ1v) is 7.73. The number of hydrogen-bond donors (Lipinski definition) is 1. The number of carbonyl (C=O) groups is 1. The number of benzene rings is 1. The van der Waals surface area contributed by atoms with Crippen LogP contribution in [0.4, 0.5) is 0 Å². The summed E-state index contributed by atoms with van der Waals surface area (Å²) in [6.07, 6.45) is 3.68. The van der Waals surface area contributed by atoms with E-state index >= 15 is 0 Å². The van der Waals surface area contributed by atoms with Crippen molar-refractivity contribution < 1.29 is 4.79 Å². The van der Waals surface area contributed by atoms with E-state index in [0.717, 1.165) is 20.8 Å². The van der Waals surface area contributed by atoms with Crippen molar-refractivity contribution in [3.63, 3.8) is 0 Å². The predicted octanol–water partition coefficient (Wildman–Crippen LogP) is 2.79. The van der Waals surface area contributed by atoms with Crippen LogP contribution in [0.15, 0.2) is 28.9 Å². The number of aromatic nitrogens is 1. The lowest BCUT2D eigenvalue weighted by Crippen LogP contribution is -2.21. The molecule has 96 valence electrons. The molecule has 0 aliphatic carbocycles. The first-order valence-electron chi connectivity index (χ1n) is 5.68. The number of thioether (sulfide) groups is 1. The van der Waals surface area contributed by atoms with Gasteiger partial charge in [0.15, 0.2) is 5.17 Å². The molecule has 1 aromatic heterocycles. The normalized spacial score (nSPS) is 17.1. The van der Waals surface area contributed by atoms with Gasteiger partial charge in [-0.05, 0) is 37.0 Å². The summed E-state index contributed by atoms with van der Waals surface area (Å²) in [6.45, 7) is 1.99. The largest absolute Gasteiger partial charge is 0.300 e. The Hall–Kier alpha value is -1.66. The van der Waals surface area contributed by atoms with Gasteiger partial charge < -0.3 is 0 Å². The van der Waals surface area contributed by atoms with E-state index in [1.807, 2.05) is 31.4 Å². The molecule has 0 spiro atoms. The van der Waals surface area contributed by atoms with E-state index in [1.165, 1.54) is 11.8 Å². The zero-order valence-electron chi connectivity index (χ0n) is 10.4. The summed E-state index contributed by atoms with van der Waals surface area (Å²) in [5.74, 6) is -0.148. The highest BCUT2D eigenvalue weighted by Gasteiger charge is 2.18. The monoisotopic (exact) mass is 289 g/mol. The van der Waals surface area contributed by atoms with Crippen LogP contribution >= 0.6 is 23.1 Å². The average Bonchev–Trinajstić information content (AvgIpc) is 2.91. The maximum absolute atomic E-state index is 11.7. The zero-order valence-corrected chi connectivity index (χ0v) is 12.1. The molecule has 2 aromatic rings. The van der Waals surface area contributed by atoms with Gasteiger partial charge in [-0.3, -0.25) is 10.1 Å². The van der Waals surface area contributed by atoms with Crippen molar-refractivity contribution in [1.82, 2.24) is 10.3 Å². The second-order valence-corrected chi connectivity index (χ2v) is 6.09. The molecule has 1 aromatic carbocycles. The molecule has 19 heavy (non-hydrogen) atoms. The number of carbonyl (C=O) groups excluding carboxylic acids is 1. The Morgan fingerprint density at radius 3 is 3.00 bits per heavy atom. The summed E-state index contributed by atoms with van der Waals surface area (Å²) in [4.78, 5) is 20.3. The molecule has 4 nitrogen and oxygen atoms in total. The van der Waals surface area contributed by atoms with Crippen LogP contribution in [0.2, 0.25) is 0 Å². The number of fused-ring (bicyclic) bond motifs is 1. The molecular formula is C13H11N3OS2. The fourth-order valence-corrected chi connectivity index (χ4v) is 3.11. The van der Waals surface area contributed by atoms with E-state index < -0.39 is 0 Å². The molecule has 6 heteroatoms. The Kier molecular flexibility index (Phi) is 3.12. The molecule has 1 amide bonds. The van der Waals surface area contributed by atoms with E-state index in [1.54, 1.807) is 17.4 Å². The van der Waals surface area contributed by atoms with Gasteiger partial charge >= 0.3 is 0 Å². The molecule has 0 radical (unpaired) electrons. The van der Waals surface area contributed by atoms with Gasteiger partial charge in [-0.2, -0.15) is 0 Å². The molecule has 0 unspecified atom stereocenters. The number of amides is 1. The summed E-state index contributed by atoms with van der Waals surface area (Å²) in [5, 5.41) is 4.40. The minimum atomic E-state index is -0.148. The van der Waals surface area contributed by atoms with Crippen LogP contribution in [0.5, 0.6) is 0 Å². The maximum atomic E-state index is 11.7. The van der Waals surface area contributed by atoms with E-state index in [2.05, 4.69) is 15.3 Å². The van der Waals surface area contributed by atoms with Crippen molar-refractivity contribution in [2.24, 2.45) is 4.99 Å². The molecule has 1 aliphatic heterocycles. The number of aryl methyl sites for hydroxylation is 1. The van der Waals surface area contributed by atoms with E-state index in [4.69, 9.17) is 0 Å². The number of amidine groups is 1. The summed E-state index contributed by atoms with van der Waals surface area (Å²) in [6, 6.07) is 5.96. The number of nitrogens with zero attached hydrogens (tertiary/aromatic N) is 2. The topological polar surface area (TPSA) is 54.4 Å². The van der Waals surface area contributed by atoms with Crippen LogP contribution < -0.4 is 5.32 Å². The Morgan fingerprint density at radius 1 is 1.42 bits per heavy atom. The number of thiazole rings is 1. The fraction of sp³-hybridized carbons (Fsp3) is 0.154. The molecule has 0 saturated heterocycles. The number of hydrogen-bond acceptors (Lipinski definition) is 5. The van der Waals surface area contributed by atoms with Crippen LogP contribution in [0.1, 0.15) is 10.6 Å². The Morgan fingerprint density at radius 2 is 2.26 bits per heavy atom. The van der Waals surface area contributed by atoms with Crippen molar-refractivity contribution in [3.05, 3.63) is 34.5 Å². The van der Waals surface area contributed by atoms with Gasteiger partial charge in [0.1, 0.15) is 5.70 Å². The molecular weight excluding hydrogens is 278 g/mol. The first-order chi connectivity index (χ1) is 9.15. The van der Waals surface area contributed by atoms with Crippen molar-refractivity contribution in [1.29, 1.82) is 0 Å². The van der Waals surface area contributed by atoms with Crippen LogP contribution in [0.3, 0.4) is 0 Å². The molecule has 3 rings (SSSR count). The molecule has 2 heterocycles. The summed E-state index contributed by atoms with van der Waals surface area (Å²) in [7, 11) is 0. The predicted molar refractivity (Wildman–Crippen MR) is 81.4 cm³/mol. The lowest BCUT2D eigenvalue weighted by atomic mass is 10.2. The van der Waals surface area contributed by atoms with Gasteiger partial charge in [-0.15, -0.1) is 11.3 Å². The van der Waals surface area contributed by atoms with Crippen LogP contribution in [0.25, 0.3) is 16.3 Å². The maximum Gasteiger partial charge on any atom is 0.275 e. The lowest BCUT2D eigenvalue weighted by molar-refractivity contribution is -0.115. The second-order valence-electron chi connectivity index (χ2n) is 4.06. The molecule has 1 N–H and O–H groups in total. The van der Waals surface area contributed by atoms with Crippen LogP contribution in [0, 0.1) is 6.92 Å². The van der Waals surface area contributed by atoms with Crippen LogP contribution in [-0.4, -0.2) is 22.3 Å². The highest BCUT2D eigenvalue weighted by Crippen LogP contribution is 2.24. The molecule has 0 atom stereocenters. The smallest absolute Gasteiger partial charge is 0.275 e. The third-order valence-electron chi connectivity index (χ3n) is 2.69. The van der Waals surface area contributed by atoms with E-state index in [0.29, 0.717) is 10.9 Å². The minimum absolute atomic E-state index is 0.148. The minimum Gasteiger partial charge on any atom is -0.300 e. The summed E-state index contributed by atoms with van der Waals surface area (Å²) in [5.41, 5.74) is 2.41. The van der Waals surface area contributed by atoms with Crippen molar-refractivity contribution in [2.45, 2.75) is 6.92 Å². The summed E-state index contributed by atoms with van der Waals surface area (Å²) >= 11 is 3.07. The average molecular weight is 289 g/mol. The molecule has 1 aliphatic rings. The van der Waals surface area contributed by atoms with Crippen LogP contribution in [-0.2, 0) is 4.79 Å². The third kappa shape index (κ3) is 2.41. The highest BCUT2D eigenvalue weighted by molar-refractivity contribution is 8.13. The molecule has 0 bridgehead atoms. The first kappa shape index (κ1) is 12.4. The third-order valence-corrected chi connectivity index (χ3v) is 4.20. The zero-order chi connectivity index (χ0) is 13.4. The molecule has 0 saturated carbocycles. The lowest BCUT2D eigenvalue weighted by Gasteiger charge is -1.94. The van der Waals surface area contributed by atoms with Gasteiger partial charge in [0.05, 0.1) is 15.2 Å². The Balaban J connectivity index is 2.00. The Labute approximate surface area is 118 Å². The quantitative estimate of drug-likeness (QED) is 0.821. The summed E-state index contributed by atoms with van der Waals surface area (Å²) < 4.78 is 1.12. The fourth-order valence-electron chi connectivity index (χ4n) is 1.85. The van der Waals surface area contributed by atoms with Crippen molar-refractivity contribution in [3.8, 4) is 0 Å². The van der Waals surface area contributed by atoms with Gasteiger partial charge in [-0.25, -0.2) is 9.98 Å². The number of nitrogens with one attached hydrogen (secondary N) is 1. The molecule has 0 fully saturated rings. The Bertz CT molecular complexity index is 731. The van der Waals surface area contributed by atoms with Gasteiger partial charge in [-0.1, -0.05) is 17.8 Å². The highest BCUT2D eigenvalue weighted by atomic mass is 32.2.